The van der Waals surface area contributed by atoms with Crippen LogP contribution in [0.15, 0.2) is 18.2 Å². The predicted octanol–water partition coefficient (Wildman–Crippen LogP) is 2.26. The molecule has 0 aliphatic carbocycles. The zero-order chi connectivity index (χ0) is 16.4. The molecule has 3 N–H and O–H groups in total. The van der Waals surface area contributed by atoms with Crippen LogP contribution < -0.4 is 11.1 Å². The molecular weight excluding hydrogens is 309 g/mol. The predicted molar refractivity (Wildman–Crippen MR) is 87.7 cm³/mol. The summed E-state index contributed by atoms with van der Waals surface area (Å²) >= 11 is 0. The molecule has 0 saturated heterocycles. The molecule has 0 saturated carbocycles. The lowest BCUT2D eigenvalue weighted by Gasteiger charge is -2.25. The second-order valence-corrected chi connectivity index (χ2v) is 6.23. The Morgan fingerprint density at radius 1 is 1.27 bits per heavy atom. The Kier molecular flexibility index (Phi) is 6.99. The number of halogens is 2. The van der Waals surface area contributed by atoms with Crippen molar-refractivity contribution in [1.29, 1.82) is 0 Å². The van der Waals surface area contributed by atoms with Crippen molar-refractivity contribution in [3.05, 3.63) is 29.6 Å². The third-order valence-electron chi connectivity index (χ3n) is 3.09. The molecule has 0 aromatic heterocycles. The van der Waals surface area contributed by atoms with Gasteiger partial charge in [-0.05, 0) is 23.6 Å². The summed E-state index contributed by atoms with van der Waals surface area (Å²) in [6.07, 6.45) is 0. The van der Waals surface area contributed by atoms with Crippen molar-refractivity contribution in [2.45, 2.75) is 26.8 Å². The van der Waals surface area contributed by atoms with Gasteiger partial charge in [0.25, 0.3) is 5.91 Å². The quantitative estimate of drug-likeness (QED) is 0.892. The summed E-state index contributed by atoms with van der Waals surface area (Å²) in [6, 6.07) is 3.14. The van der Waals surface area contributed by atoms with Gasteiger partial charge in [0.05, 0.1) is 11.6 Å². The highest BCUT2D eigenvalue weighted by molar-refractivity contribution is 5.98. The molecule has 1 aromatic rings. The molecule has 0 bridgehead atoms. The van der Waals surface area contributed by atoms with E-state index >= 15 is 0 Å². The van der Waals surface area contributed by atoms with E-state index in [2.05, 4.69) is 5.32 Å². The number of benzene rings is 1. The first-order valence-electron chi connectivity index (χ1n) is 6.61. The number of nitrogens with zero attached hydrogens (tertiary/aromatic N) is 1. The van der Waals surface area contributed by atoms with Gasteiger partial charge in [0.2, 0.25) is 5.91 Å². The van der Waals surface area contributed by atoms with Gasteiger partial charge in [0, 0.05) is 19.8 Å². The number of hydrogen-bond donors (Lipinski definition) is 2. The summed E-state index contributed by atoms with van der Waals surface area (Å²) < 4.78 is 13.7. The molecule has 124 valence electrons. The van der Waals surface area contributed by atoms with Crippen LogP contribution in [0.3, 0.4) is 0 Å². The van der Waals surface area contributed by atoms with E-state index in [1.807, 2.05) is 20.8 Å². The summed E-state index contributed by atoms with van der Waals surface area (Å²) in [5.74, 6) is -1.48. The molecular formula is C15H23ClFN3O2. The molecule has 0 aliphatic rings. The van der Waals surface area contributed by atoms with Gasteiger partial charge in [-0.25, -0.2) is 4.39 Å². The van der Waals surface area contributed by atoms with Gasteiger partial charge >= 0.3 is 0 Å². The monoisotopic (exact) mass is 331 g/mol. The lowest BCUT2D eigenvalue weighted by atomic mass is 9.87. The van der Waals surface area contributed by atoms with Crippen LogP contribution in [0.1, 0.15) is 31.1 Å². The zero-order valence-electron chi connectivity index (χ0n) is 13.4. The lowest BCUT2D eigenvalue weighted by Crippen LogP contribution is -2.45. The van der Waals surface area contributed by atoms with Gasteiger partial charge in [-0.15, -0.1) is 12.4 Å². The van der Waals surface area contributed by atoms with E-state index in [9.17, 15) is 14.0 Å². The fourth-order valence-electron chi connectivity index (χ4n) is 1.62. The molecule has 5 nitrogen and oxygen atoms in total. The van der Waals surface area contributed by atoms with Gasteiger partial charge in [-0.1, -0.05) is 20.8 Å². The minimum absolute atomic E-state index is 0. The summed E-state index contributed by atoms with van der Waals surface area (Å²) in [7, 11) is 3.06. The van der Waals surface area contributed by atoms with Crippen molar-refractivity contribution in [2.24, 2.45) is 11.1 Å². The van der Waals surface area contributed by atoms with Crippen molar-refractivity contribution in [2.75, 3.05) is 19.4 Å². The van der Waals surface area contributed by atoms with E-state index in [4.69, 9.17) is 5.73 Å². The maximum absolute atomic E-state index is 13.7. The second kappa shape index (κ2) is 7.56. The molecule has 2 amide bonds. The highest BCUT2D eigenvalue weighted by atomic mass is 35.5. The molecule has 7 heteroatoms. The highest BCUT2D eigenvalue weighted by Gasteiger charge is 2.27. The van der Waals surface area contributed by atoms with Gasteiger partial charge < -0.3 is 16.0 Å². The van der Waals surface area contributed by atoms with Gasteiger partial charge in [0.1, 0.15) is 5.82 Å². The zero-order valence-corrected chi connectivity index (χ0v) is 14.3. The summed E-state index contributed by atoms with van der Waals surface area (Å²) in [6.45, 7) is 5.55. The molecule has 0 fully saturated rings. The first kappa shape index (κ1) is 20.3. The lowest BCUT2D eigenvalue weighted by molar-refractivity contribution is -0.119. The van der Waals surface area contributed by atoms with E-state index in [1.54, 1.807) is 0 Å². The molecule has 22 heavy (non-hydrogen) atoms. The maximum Gasteiger partial charge on any atom is 0.256 e. The maximum atomic E-state index is 13.7. The largest absolute Gasteiger partial charge is 0.345 e. The van der Waals surface area contributed by atoms with E-state index in [-0.39, 0.29) is 23.9 Å². The normalized spacial score (nSPS) is 12.1. The number of nitrogens with one attached hydrogen (secondary N) is 1. The van der Waals surface area contributed by atoms with Crippen molar-refractivity contribution in [1.82, 2.24) is 4.90 Å². The number of amides is 2. The van der Waals surface area contributed by atoms with Crippen molar-refractivity contribution in [3.8, 4) is 0 Å². The van der Waals surface area contributed by atoms with Crippen molar-refractivity contribution >= 4 is 29.9 Å². The number of anilines is 1. The Labute approximate surface area is 136 Å². The number of rotatable bonds is 3. The third-order valence-corrected chi connectivity index (χ3v) is 3.09. The van der Waals surface area contributed by atoms with Crippen LogP contribution in [0.5, 0.6) is 0 Å². The van der Waals surface area contributed by atoms with Crippen LogP contribution in [0.4, 0.5) is 10.1 Å². The molecule has 0 unspecified atom stereocenters. The first-order chi connectivity index (χ1) is 9.54. The Balaban J connectivity index is 0.00000441. The molecule has 1 atom stereocenters. The Bertz CT molecular complexity index is 556. The molecule has 0 radical (unpaired) electrons. The van der Waals surface area contributed by atoms with E-state index in [1.165, 1.54) is 31.1 Å². The third kappa shape index (κ3) is 4.96. The number of nitrogens with two attached hydrogens (primary N) is 1. The number of carbonyl (C=O) groups is 2. The van der Waals surface area contributed by atoms with Crippen LogP contribution in [-0.2, 0) is 4.79 Å². The van der Waals surface area contributed by atoms with Crippen molar-refractivity contribution < 1.29 is 14.0 Å². The molecule has 0 heterocycles. The van der Waals surface area contributed by atoms with Crippen LogP contribution in [-0.4, -0.2) is 36.9 Å². The minimum Gasteiger partial charge on any atom is -0.345 e. The van der Waals surface area contributed by atoms with Crippen LogP contribution >= 0.6 is 12.4 Å². The molecule has 1 aromatic carbocycles. The second-order valence-electron chi connectivity index (χ2n) is 6.23. The smallest absolute Gasteiger partial charge is 0.256 e. The average molecular weight is 332 g/mol. The Morgan fingerprint density at radius 3 is 2.27 bits per heavy atom. The van der Waals surface area contributed by atoms with Gasteiger partial charge in [-0.3, -0.25) is 9.59 Å². The Hall–Kier alpha value is -1.66. The van der Waals surface area contributed by atoms with Crippen LogP contribution in [0.25, 0.3) is 0 Å². The first-order valence-corrected chi connectivity index (χ1v) is 6.61. The molecule has 1 rings (SSSR count). The highest BCUT2D eigenvalue weighted by Crippen LogP contribution is 2.20. The van der Waals surface area contributed by atoms with E-state index in [0.29, 0.717) is 5.69 Å². The standard InChI is InChI=1S/C15H22FN3O2.ClH/c1-15(2,3)12(17)13(20)18-9-6-7-11(16)10(8-9)14(21)19(4)5;/h6-8,12H,17H2,1-5H3,(H,18,20);1H/t12-;/m1./s1. The summed E-state index contributed by atoms with van der Waals surface area (Å²) in [5.41, 5.74) is 5.70. The minimum atomic E-state index is -0.712. The van der Waals surface area contributed by atoms with Crippen molar-refractivity contribution in [3.63, 3.8) is 0 Å². The summed E-state index contributed by atoms with van der Waals surface area (Å²) in [5, 5.41) is 2.61. The fourth-order valence-corrected chi connectivity index (χ4v) is 1.62. The van der Waals surface area contributed by atoms with Gasteiger partial charge in [0.15, 0.2) is 0 Å². The van der Waals surface area contributed by atoms with Gasteiger partial charge in [-0.2, -0.15) is 0 Å². The fraction of sp³-hybridized carbons (Fsp3) is 0.467. The average Bonchev–Trinajstić information content (AvgIpc) is 2.37. The number of carbonyl (C=O) groups excluding carboxylic acids is 2. The number of hydrogen-bond acceptors (Lipinski definition) is 3. The van der Waals surface area contributed by atoms with E-state index < -0.39 is 23.2 Å². The van der Waals surface area contributed by atoms with Crippen LogP contribution in [0, 0.1) is 11.2 Å². The molecule has 0 spiro atoms. The Morgan fingerprint density at radius 2 is 1.82 bits per heavy atom. The SMILES string of the molecule is CN(C)C(=O)c1cc(NC(=O)[C@@H](N)C(C)(C)C)ccc1F.Cl. The summed E-state index contributed by atoms with van der Waals surface area (Å²) in [4.78, 5) is 25.1. The molecule has 0 aliphatic heterocycles. The van der Waals surface area contributed by atoms with E-state index in [0.717, 1.165) is 6.07 Å². The topological polar surface area (TPSA) is 75.4 Å². The van der Waals surface area contributed by atoms with Crippen LogP contribution in [0.2, 0.25) is 0 Å².